The minimum atomic E-state index is -0.312. The zero-order valence-electron chi connectivity index (χ0n) is 10.2. The van der Waals surface area contributed by atoms with Gasteiger partial charge in [0.1, 0.15) is 5.54 Å². The first-order valence-corrected chi connectivity index (χ1v) is 6.50. The molecule has 0 aromatic carbocycles. The summed E-state index contributed by atoms with van der Waals surface area (Å²) in [4.78, 5) is 0. The van der Waals surface area contributed by atoms with Crippen LogP contribution in [-0.2, 0) is 4.74 Å². The standard InChI is InChI=1S/C13H22N2O/c1-16-12-7-4-8-13(9-12,10-14)15-11-5-2-3-6-11/h11-12,15H,2-9H2,1H3. The SMILES string of the molecule is COC1CCCC(C#N)(NC2CCCC2)C1. The average Bonchev–Trinajstić information content (AvgIpc) is 2.82. The molecule has 0 spiro atoms. The quantitative estimate of drug-likeness (QED) is 0.797. The Morgan fingerprint density at radius 2 is 2.00 bits per heavy atom. The van der Waals surface area contributed by atoms with Gasteiger partial charge in [-0.3, -0.25) is 5.32 Å². The highest BCUT2D eigenvalue weighted by Crippen LogP contribution is 2.32. The minimum absolute atomic E-state index is 0.266. The lowest BCUT2D eigenvalue weighted by Crippen LogP contribution is -2.52. The molecule has 0 aromatic heterocycles. The molecule has 0 heterocycles. The molecule has 16 heavy (non-hydrogen) atoms. The zero-order valence-corrected chi connectivity index (χ0v) is 10.2. The Balaban J connectivity index is 1.97. The van der Waals surface area contributed by atoms with Crippen molar-refractivity contribution in [2.45, 2.75) is 69.1 Å². The molecular weight excluding hydrogens is 200 g/mol. The zero-order chi connectivity index (χ0) is 11.4. The molecule has 0 saturated heterocycles. The summed E-state index contributed by atoms with van der Waals surface area (Å²) in [7, 11) is 1.76. The highest BCUT2D eigenvalue weighted by Gasteiger charge is 2.38. The van der Waals surface area contributed by atoms with Crippen molar-refractivity contribution >= 4 is 0 Å². The molecule has 2 rings (SSSR count). The summed E-state index contributed by atoms with van der Waals surface area (Å²) < 4.78 is 5.42. The van der Waals surface area contributed by atoms with Crippen molar-refractivity contribution in [3.8, 4) is 6.07 Å². The fourth-order valence-corrected chi connectivity index (χ4v) is 3.15. The van der Waals surface area contributed by atoms with E-state index in [-0.39, 0.29) is 11.6 Å². The van der Waals surface area contributed by atoms with E-state index in [0.29, 0.717) is 6.04 Å². The summed E-state index contributed by atoms with van der Waals surface area (Å²) in [5.74, 6) is 0. The van der Waals surface area contributed by atoms with Crippen LogP contribution in [0.3, 0.4) is 0 Å². The number of nitrogens with zero attached hydrogens (tertiary/aromatic N) is 1. The summed E-state index contributed by atoms with van der Waals surface area (Å²) in [6.07, 6.45) is 9.42. The monoisotopic (exact) mass is 222 g/mol. The molecule has 2 fully saturated rings. The smallest absolute Gasteiger partial charge is 0.109 e. The van der Waals surface area contributed by atoms with Crippen molar-refractivity contribution in [1.29, 1.82) is 5.26 Å². The van der Waals surface area contributed by atoms with Gasteiger partial charge in [-0.05, 0) is 32.1 Å². The van der Waals surface area contributed by atoms with Gasteiger partial charge in [-0.1, -0.05) is 12.8 Å². The Labute approximate surface area is 98.2 Å². The highest BCUT2D eigenvalue weighted by molar-refractivity contribution is 5.11. The first kappa shape index (κ1) is 11.9. The number of methoxy groups -OCH3 is 1. The van der Waals surface area contributed by atoms with Gasteiger partial charge >= 0.3 is 0 Å². The van der Waals surface area contributed by atoms with Crippen molar-refractivity contribution in [2.75, 3.05) is 7.11 Å². The number of nitrogens with one attached hydrogen (secondary N) is 1. The van der Waals surface area contributed by atoms with E-state index in [1.807, 2.05) is 0 Å². The third-order valence-electron chi connectivity index (χ3n) is 4.09. The first-order valence-electron chi connectivity index (χ1n) is 6.50. The normalized spacial score (nSPS) is 36.1. The molecule has 0 bridgehead atoms. The van der Waals surface area contributed by atoms with Crippen LogP contribution in [0.1, 0.15) is 51.4 Å². The number of hydrogen-bond donors (Lipinski definition) is 1. The molecule has 0 radical (unpaired) electrons. The molecule has 2 unspecified atom stereocenters. The number of rotatable bonds is 3. The summed E-state index contributed by atoms with van der Waals surface area (Å²) >= 11 is 0. The van der Waals surface area contributed by atoms with E-state index in [0.717, 1.165) is 25.7 Å². The Morgan fingerprint density at radius 1 is 1.25 bits per heavy atom. The van der Waals surface area contributed by atoms with Crippen LogP contribution in [0.25, 0.3) is 0 Å². The van der Waals surface area contributed by atoms with E-state index in [1.165, 1.54) is 25.7 Å². The van der Waals surface area contributed by atoms with Crippen LogP contribution in [-0.4, -0.2) is 24.8 Å². The van der Waals surface area contributed by atoms with E-state index in [1.54, 1.807) is 7.11 Å². The molecule has 0 aliphatic heterocycles. The van der Waals surface area contributed by atoms with Crippen LogP contribution >= 0.6 is 0 Å². The molecule has 1 N–H and O–H groups in total. The summed E-state index contributed by atoms with van der Waals surface area (Å²) in [6.45, 7) is 0. The first-order chi connectivity index (χ1) is 7.78. The highest BCUT2D eigenvalue weighted by atomic mass is 16.5. The van der Waals surface area contributed by atoms with E-state index < -0.39 is 0 Å². The molecule has 2 aliphatic rings. The van der Waals surface area contributed by atoms with Gasteiger partial charge in [0.05, 0.1) is 12.2 Å². The predicted octanol–water partition coefficient (Wildman–Crippen LogP) is 2.37. The van der Waals surface area contributed by atoms with Gasteiger partial charge in [0.15, 0.2) is 0 Å². The molecule has 2 atom stereocenters. The molecule has 0 aromatic rings. The second-order valence-corrected chi connectivity index (χ2v) is 5.27. The molecule has 2 aliphatic carbocycles. The molecule has 90 valence electrons. The third kappa shape index (κ3) is 2.56. The third-order valence-corrected chi connectivity index (χ3v) is 4.09. The van der Waals surface area contributed by atoms with Crippen molar-refractivity contribution < 1.29 is 4.74 Å². The second kappa shape index (κ2) is 5.16. The average molecular weight is 222 g/mol. The topological polar surface area (TPSA) is 45.0 Å². The number of ether oxygens (including phenoxy) is 1. The van der Waals surface area contributed by atoms with Crippen LogP contribution in [0.4, 0.5) is 0 Å². The van der Waals surface area contributed by atoms with E-state index in [4.69, 9.17) is 4.74 Å². The molecule has 3 heteroatoms. The van der Waals surface area contributed by atoms with Gasteiger partial charge < -0.3 is 4.74 Å². The largest absolute Gasteiger partial charge is 0.381 e. The van der Waals surface area contributed by atoms with Crippen LogP contribution in [0, 0.1) is 11.3 Å². The van der Waals surface area contributed by atoms with Crippen molar-refractivity contribution in [3.63, 3.8) is 0 Å². The summed E-state index contributed by atoms with van der Waals surface area (Å²) in [5, 5.41) is 13.1. The molecular formula is C13H22N2O. The van der Waals surface area contributed by atoms with Crippen molar-refractivity contribution in [1.82, 2.24) is 5.32 Å². The fourth-order valence-electron chi connectivity index (χ4n) is 3.15. The van der Waals surface area contributed by atoms with Crippen LogP contribution in [0.15, 0.2) is 0 Å². The second-order valence-electron chi connectivity index (χ2n) is 5.27. The lowest BCUT2D eigenvalue weighted by Gasteiger charge is -2.37. The summed E-state index contributed by atoms with van der Waals surface area (Å²) in [6, 6.07) is 3.08. The van der Waals surface area contributed by atoms with Gasteiger partial charge in [0, 0.05) is 19.6 Å². The van der Waals surface area contributed by atoms with E-state index in [9.17, 15) is 5.26 Å². The van der Waals surface area contributed by atoms with E-state index in [2.05, 4.69) is 11.4 Å². The molecule has 2 saturated carbocycles. The van der Waals surface area contributed by atoms with Gasteiger partial charge in [0.25, 0.3) is 0 Å². The van der Waals surface area contributed by atoms with Gasteiger partial charge in [-0.2, -0.15) is 5.26 Å². The van der Waals surface area contributed by atoms with Gasteiger partial charge in [-0.15, -0.1) is 0 Å². The van der Waals surface area contributed by atoms with Crippen molar-refractivity contribution in [2.24, 2.45) is 0 Å². The maximum absolute atomic E-state index is 9.45. The Bertz CT molecular complexity index is 268. The minimum Gasteiger partial charge on any atom is -0.381 e. The Kier molecular flexibility index (Phi) is 3.83. The fraction of sp³-hybridized carbons (Fsp3) is 0.923. The van der Waals surface area contributed by atoms with Gasteiger partial charge in [-0.25, -0.2) is 0 Å². The van der Waals surface area contributed by atoms with Crippen LogP contribution < -0.4 is 5.32 Å². The van der Waals surface area contributed by atoms with Crippen LogP contribution in [0.2, 0.25) is 0 Å². The molecule has 3 nitrogen and oxygen atoms in total. The van der Waals surface area contributed by atoms with Crippen molar-refractivity contribution in [3.05, 3.63) is 0 Å². The van der Waals surface area contributed by atoms with E-state index >= 15 is 0 Å². The maximum atomic E-state index is 9.45. The number of hydrogen-bond acceptors (Lipinski definition) is 3. The van der Waals surface area contributed by atoms with Gasteiger partial charge in [0.2, 0.25) is 0 Å². The lowest BCUT2D eigenvalue weighted by molar-refractivity contribution is 0.0422. The molecule has 0 amide bonds. The van der Waals surface area contributed by atoms with Crippen LogP contribution in [0.5, 0.6) is 0 Å². The Hall–Kier alpha value is -0.590. The lowest BCUT2D eigenvalue weighted by atomic mass is 9.80. The Morgan fingerprint density at radius 3 is 2.62 bits per heavy atom. The predicted molar refractivity (Wildman–Crippen MR) is 63.0 cm³/mol. The number of nitriles is 1. The summed E-state index contributed by atoms with van der Waals surface area (Å²) in [5.41, 5.74) is -0.312. The maximum Gasteiger partial charge on any atom is 0.109 e.